The van der Waals surface area contributed by atoms with Gasteiger partial charge in [0.2, 0.25) is 0 Å². The molecule has 2 rings (SSSR count). The van der Waals surface area contributed by atoms with Crippen molar-refractivity contribution < 1.29 is 0 Å². The maximum Gasteiger partial charge on any atom is 0.132 e. The Hall–Kier alpha value is -2.09. The molecule has 0 fully saturated rings. The molecule has 0 spiro atoms. The summed E-state index contributed by atoms with van der Waals surface area (Å²) in [6.07, 6.45) is 1.15. The predicted molar refractivity (Wildman–Crippen MR) is 92.1 cm³/mol. The normalized spacial score (nSPS) is 13.0. The molecule has 0 aromatic heterocycles. The maximum atomic E-state index is 4.79. The Bertz CT molecular complexity index is 570. The molecule has 0 saturated heterocycles. The Labute approximate surface area is 127 Å². The van der Waals surface area contributed by atoms with Crippen molar-refractivity contribution in [2.75, 3.05) is 11.9 Å². The summed E-state index contributed by atoms with van der Waals surface area (Å²) in [5.74, 6) is 1.54. The van der Waals surface area contributed by atoms with E-state index in [1.165, 1.54) is 5.56 Å². The van der Waals surface area contributed by atoms with Crippen molar-refractivity contribution in [2.45, 2.75) is 27.2 Å². The van der Waals surface area contributed by atoms with Gasteiger partial charge in [0.1, 0.15) is 5.84 Å². The summed E-state index contributed by atoms with van der Waals surface area (Å²) >= 11 is 0. The predicted octanol–water partition coefficient (Wildman–Crippen LogP) is 4.90. The van der Waals surface area contributed by atoms with Gasteiger partial charge < -0.3 is 5.32 Å². The molecule has 0 radical (unpaired) electrons. The molecule has 21 heavy (non-hydrogen) atoms. The van der Waals surface area contributed by atoms with Gasteiger partial charge in [-0.3, -0.25) is 4.99 Å². The number of hydrogen-bond acceptors (Lipinski definition) is 1. The second-order valence-corrected chi connectivity index (χ2v) is 5.56. The van der Waals surface area contributed by atoms with Gasteiger partial charge in [-0.05, 0) is 25.0 Å². The van der Waals surface area contributed by atoms with Crippen molar-refractivity contribution in [3.8, 4) is 0 Å². The molecule has 0 amide bonds. The first-order chi connectivity index (χ1) is 10.2. The quantitative estimate of drug-likeness (QED) is 0.611. The summed E-state index contributed by atoms with van der Waals surface area (Å²) < 4.78 is 0. The minimum atomic E-state index is 0.600. The monoisotopic (exact) mass is 280 g/mol. The molecule has 2 nitrogen and oxygen atoms in total. The molecular formula is C19H24N2. The van der Waals surface area contributed by atoms with Gasteiger partial charge in [-0.25, -0.2) is 0 Å². The van der Waals surface area contributed by atoms with Crippen LogP contribution in [-0.4, -0.2) is 12.4 Å². The Morgan fingerprint density at radius 2 is 1.71 bits per heavy atom. The first-order valence-electron chi connectivity index (χ1n) is 7.62. The van der Waals surface area contributed by atoms with Gasteiger partial charge in [-0.2, -0.15) is 0 Å². The lowest BCUT2D eigenvalue weighted by atomic mass is 10.1. The number of benzene rings is 2. The smallest absolute Gasteiger partial charge is 0.132 e. The highest BCUT2D eigenvalue weighted by molar-refractivity contribution is 6.08. The van der Waals surface area contributed by atoms with E-state index in [9.17, 15) is 0 Å². The minimum Gasteiger partial charge on any atom is -0.340 e. The largest absolute Gasteiger partial charge is 0.340 e. The van der Waals surface area contributed by atoms with Crippen molar-refractivity contribution in [3.05, 3.63) is 65.7 Å². The fourth-order valence-electron chi connectivity index (χ4n) is 1.95. The summed E-state index contributed by atoms with van der Waals surface area (Å²) in [4.78, 5) is 4.79. The highest BCUT2D eigenvalue weighted by Crippen LogP contribution is 2.12. The first-order valence-corrected chi connectivity index (χ1v) is 7.62. The first kappa shape index (κ1) is 15.3. The van der Waals surface area contributed by atoms with Crippen LogP contribution in [0.1, 0.15) is 31.4 Å². The third-order valence-electron chi connectivity index (χ3n) is 3.62. The molecule has 0 bridgehead atoms. The Kier molecular flexibility index (Phi) is 5.56. The van der Waals surface area contributed by atoms with Gasteiger partial charge in [0.25, 0.3) is 0 Å². The van der Waals surface area contributed by atoms with E-state index in [4.69, 9.17) is 4.99 Å². The zero-order valence-electron chi connectivity index (χ0n) is 13.1. The number of amidine groups is 1. The average molecular weight is 280 g/mol. The minimum absolute atomic E-state index is 0.600. The molecule has 110 valence electrons. The zero-order chi connectivity index (χ0) is 15.1. The molecule has 2 heteroatoms. The molecule has 0 aliphatic rings. The third-order valence-corrected chi connectivity index (χ3v) is 3.62. The lowest BCUT2D eigenvalue weighted by Gasteiger charge is -2.12. The van der Waals surface area contributed by atoms with E-state index in [0.717, 1.165) is 30.1 Å². The van der Waals surface area contributed by atoms with Crippen molar-refractivity contribution >= 4 is 11.5 Å². The number of rotatable bonds is 5. The van der Waals surface area contributed by atoms with E-state index in [0.29, 0.717) is 5.92 Å². The highest BCUT2D eigenvalue weighted by atomic mass is 15.0. The average Bonchev–Trinajstić information content (AvgIpc) is 2.53. The second kappa shape index (κ2) is 7.63. The van der Waals surface area contributed by atoms with Gasteiger partial charge in [0, 0.05) is 17.8 Å². The van der Waals surface area contributed by atoms with Crippen LogP contribution in [-0.2, 0) is 0 Å². The summed E-state index contributed by atoms with van der Waals surface area (Å²) in [7, 11) is 0. The number of hydrogen-bond donors (Lipinski definition) is 1. The van der Waals surface area contributed by atoms with E-state index in [2.05, 4.69) is 62.5 Å². The Morgan fingerprint density at radius 1 is 1.05 bits per heavy atom. The van der Waals surface area contributed by atoms with Crippen LogP contribution in [0.25, 0.3) is 0 Å². The second-order valence-electron chi connectivity index (χ2n) is 5.56. The van der Waals surface area contributed by atoms with E-state index in [1.807, 2.05) is 18.2 Å². The van der Waals surface area contributed by atoms with Crippen LogP contribution >= 0.6 is 0 Å². The van der Waals surface area contributed by atoms with Crippen LogP contribution < -0.4 is 5.32 Å². The molecule has 0 saturated carbocycles. The zero-order valence-corrected chi connectivity index (χ0v) is 13.1. The molecule has 2 aromatic carbocycles. The lowest BCUT2D eigenvalue weighted by molar-refractivity contribution is 0.577. The molecule has 1 unspecified atom stereocenters. The van der Waals surface area contributed by atoms with Gasteiger partial charge in [-0.15, -0.1) is 0 Å². The fourth-order valence-corrected chi connectivity index (χ4v) is 1.95. The lowest BCUT2D eigenvalue weighted by Crippen LogP contribution is -2.15. The van der Waals surface area contributed by atoms with E-state index in [1.54, 1.807) is 0 Å². The fraction of sp³-hybridized carbons (Fsp3) is 0.316. The van der Waals surface area contributed by atoms with E-state index < -0.39 is 0 Å². The molecule has 1 N–H and O–H groups in total. The van der Waals surface area contributed by atoms with Crippen molar-refractivity contribution in [1.29, 1.82) is 0 Å². The molecule has 0 heterocycles. The van der Waals surface area contributed by atoms with Crippen molar-refractivity contribution in [3.63, 3.8) is 0 Å². The topological polar surface area (TPSA) is 24.4 Å². The van der Waals surface area contributed by atoms with Crippen LogP contribution in [0, 0.1) is 12.8 Å². The number of aryl methyl sites for hydroxylation is 1. The number of aliphatic imine (C=N–C) groups is 1. The van der Waals surface area contributed by atoms with Crippen LogP contribution in [0.3, 0.4) is 0 Å². The van der Waals surface area contributed by atoms with E-state index in [-0.39, 0.29) is 0 Å². The maximum absolute atomic E-state index is 4.79. The molecule has 0 aliphatic heterocycles. The van der Waals surface area contributed by atoms with Crippen LogP contribution in [0.15, 0.2) is 59.6 Å². The Morgan fingerprint density at radius 3 is 2.33 bits per heavy atom. The SMILES string of the molecule is CCC(C)CN=C(Nc1ccc(C)cc1)c1ccccc1. The van der Waals surface area contributed by atoms with E-state index >= 15 is 0 Å². The number of nitrogens with one attached hydrogen (secondary N) is 1. The van der Waals surface area contributed by atoms with Gasteiger partial charge >= 0.3 is 0 Å². The van der Waals surface area contributed by atoms with Crippen LogP contribution in [0.4, 0.5) is 5.69 Å². The highest BCUT2D eigenvalue weighted by Gasteiger charge is 2.05. The molecule has 0 aliphatic carbocycles. The Balaban J connectivity index is 2.21. The summed E-state index contributed by atoms with van der Waals surface area (Å²) in [6, 6.07) is 18.7. The number of anilines is 1. The van der Waals surface area contributed by atoms with Gasteiger partial charge in [0.05, 0.1) is 0 Å². The summed E-state index contributed by atoms with van der Waals surface area (Å²) in [5, 5.41) is 3.45. The van der Waals surface area contributed by atoms with Gasteiger partial charge in [-0.1, -0.05) is 68.3 Å². The summed E-state index contributed by atoms with van der Waals surface area (Å²) in [5.41, 5.74) is 3.46. The van der Waals surface area contributed by atoms with Crippen molar-refractivity contribution in [1.82, 2.24) is 0 Å². The van der Waals surface area contributed by atoms with Crippen LogP contribution in [0.5, 0.6) is 0 Å². The third kappa shape index (κ3) is 4.75. The van der Waals surface area contributed by atoms with Crippen molar-refractivity contribution in [2.24, 2.45) is 10.9 Å². The molecular weight excluding hydrogens is 256 g/mol. The van der Waals surface area contributed by atoms with Gasteiger partial charge in [0.15, 0.2) is 0 Å². The standard InChI is InChI=1S/C19H24N2/c1-4-15(2)14-20-19(17-8-6-5-7-9-17)21-18-12-10-16(3)11-13-18/h5-13,15H,4,14H2,1-3H3,(H,20,21). The molecule has 2 aromatic rings. The molecule has 1 atom stereocenters. The number of nitrogens with zero attached hydrogens (tertiary/aromatic N) is 1. The summed E-state index contributed by atoms with van der Waals surface area (Å²) in [6.45, 7) is 7.38. The van der Waals surface area contributed by atoms with Crippen LogP contribution in [0.2, 0.25) is 0 Å².